The van der Waals surface area contributed by atoms with Crippen LogP contribution in [0, 0.1) is 5.82 Å². The lowest BCUT2D eigenvalue weighted by Gasteiger charge is -2.26. The van der Waals surface area contributed by atoms with E-state index in [1.807, 2.05) is 12.1 Å². The Labute approximate surface area is 204 Å². The molecule has 2 aliphatic rings. The van der Waals surface area contributed by atoms with Gasteiger partial charge in [0.05, 0.1) is 24.5 Å². The van der Waals surface area contributed by atoms with Crippen molar-refractivity contribution in [2.24, 2.45) is 0 Å². The SMILES string of the molecule is Nc1ncc(C2CCOCC2)nc1-c1ccc2c(c1)CN([C@H](CO)c1cc(F)cc(Br)c1)C2=O. The molecule has 7 nitrogen and oxygen atoms in total. The minimum Gasteiger partial charge on any atom is -0.394 e. The Morgan fingerprint density at radius 2 is 2.03 bits per heavy atom. The van der Waals surface area contributed by atoms with Gasteiger partial charge >= 0.3 is 0 Å². The number of aliphatic hydroxyl groups is 1. The van der Waals surface area contributed by atoms with Gasteiger partial charge in [-0.2, -0.15) is 0 Å². The summed E-state index contributed by atoms with van der Waals surface area (Å²) >= 11 is 3.28. The van der Waals surface area contributed by atoms with Crippen molar-refractivity contribution < 1.29 is 19.0 Å². The lowest BCUT2D eigenvalue weighted by atomic mass is 9.96. The van der Waals surface area contributed by atoms with Crippen molar-refractivity contribution in [2.45, 2.75) is 31.3 Å². The average molecular weight is 527 g/mol. The number of nitrogen functional groups attached to an aromatic ring is 1. The fourth-order valence-corrected chi connectivity index (χ4v) is 5.19. The third-order valence-electron chi connectivity index (χ3n) is 6.49. The number of benzene rings is 2. The number of carbonyl (C=O) groups excluding carboxylic acids is 1. The Morgan fingerprint density at radius 3 is 2.76 bits per heavy atom. The molecular weight excluding hydrogens is 503 g/mol. The second kappa shape index (κ2) is 9.40. The molecule has 3 aromatic rings. The van der Waals surface area contributed by atoms with Gasteiger partial charge in [0.15, 0.2) is 0 Å². The third-order valence-corrected chi connectivity index (χ3v) is 6.95. The summed E-state index contributed by atoms with van der Waals surface area (Å²) in [5, 5.41) is 10.1. The number of anilines is 1. The number of nitrogens with two attached hydrogens (primary N) is 1. The first-order valence-corrected chi connectivity index (χ1v) is 11.9. The van der Waals surface area contributed by atoms with Crippen LogP contribution in [0.15, 0.2) is 47.1 Å². The summed E-state index contributed by atoms with van der Waals surface area (Å²) in [4.78, 5) is 23.9. The quantitative estimate of drug-likeness (QED) is 0.516. The lowest BCUT2D eigenvalue weighted by Crippen LogP contribution is -2.31. The number of fused-ring (bicyclic) bond motifs is 1. The molecule has 1 amide bonds. The van der Waals surface area contributed by atoms with Crippen molar-refractivity contribution in [3.8, 4) is 11.3 Å². The van der Waals surface area contributed by atoms with Gasteiger partial charge in [-0.1, -0.05) is 22.0 Å². The molecule has 1 fully saturated rings. The predicted octanol–water partition coefficient (Wildman–Crippen LogP) is 4.21. The Balaban J connectivity index is 1.45. The molecule has 5 rings (SSSR count). The number of hydrogen-bond acceptors (Lipinski definition) is 6. The van der Waals surface area contributed by atoms with E-state index in [0.717, 1.165) is 29.7 Å². The van der Waals surface area contributed by atoms with Crippen molar-refractivity contribution >= 4 is 27.7 Å². The van der Waals surface area contributed by atoms with E-state index in [1.165, 1.54) is 12.1 Å². The van der Waals surface area contributed by atoms with Crippen LogP contribution in [0.1, 0.15) is 52.0 Å². The number of amides is 1. The molecule has 0 bridgehead atoms. The number of hydrogen-bond donors (Lipinski definition) is 2. The van der Waals surface area contributed by atoms with Crippen LogP contribution < -0.4 is 5.73 Å². The zero-order chi connectivity index (χ0) is 23.8. The molecule has 0 unspecified atom stereocenters. The van der Waals surface area contributed by atoms with Crippen molar-refractivity contribution in [1.82, 2.24) is 14.9 Å². The summed E-state index contributed by atoms with van der Waals surface area (Å²) in [7, 11) is 0. The van der Waals surface area contributed by atoms with Gasteiger partial charge in [-0.3, -0.25) is 4.79 Å². The lowest BCUT2D eigenvalue weighted by molar-refractivity contribution is 0.0615. The van der Waals surface area contributed by atoms with Gasteiger partial charge in [-0.05, 0) is 54.3 Å². The number of carbonyl (C=O) groups is 1. The molecule has 9 heteroatoms. The number of ether oxygens (including phenoxy) is 1. The van der Waals surface area contributed by atoms with Crippen molar-refractivity contribution in [1.29, 1.82) is 0 Å². The summed E-state index contributed by atoms with van der Waals surface area (Å²) in [6, 6.07) is 9.20. The molecule has 3 N–H and O–H groups in total. The van der Waals surface area contributed by atoms with E-state index in [1.54, 1.807) is 23.2 Å². The minimum absolute atomic E-state index is 0.212. The van der Waals surface area contributed by atoms with Crippen LogP contribution in [-0.4, -0.2) is 45.7 Å². The number of aromatic nitrogens is 2. The summed E-state index contributed by atoms with van der Waals surface area (Å²) in [5.41, 5.74) is 10.3. The number of halogens is 2. The fraction of sp³-hybridized carbons (Fsp3) is 0.320. The van der Waals surface area contributed by atoms with Crippen LogP contribution >= 0.6 is 15.9 Å². The highest BCUT2D eigenvalue weighted by Gasteiger charge is 2.34. The fourth-order valence-electron chi connectivity index (χ4n) is 4.71. The van der Waals surface area contributed by atoms with Crippen LogP contribution in [-0.2, 0) is 11.3 Å². The molecule has 1 aromatic heterocycles. The number of rotatable bonds is 5. The molecule has 2 aromatic carbocycles. The molecule has 1 saturated heterocycles. The van der Waals surface area contributed by atoms with E-state index in [2.05, 4.69) is 20.9 Å². The molecule has 176 valence electrons. The molecule has 2 aliphatic heterocycles. The first kappa shape index (κ1) is 22.9. The Morgan fingerprint density at radius 1 is 1.24 bits per heavy atom. The van der Waals surface area contributed by atoms with E-state index in [-0.39, 0.29) is 25.0 Å². The standard InChI is InChI=1S/C25H24BrFN4O3/c26-18-8-16(9-19(27)10-18)22(13-32)31-12-17-7-15(1-2-20(17)25(31)33)23-24(28)29-11-21(30-23)14-3-5-34-6-4-14/h1-2,7-11,14,22,32H,3-6,12-13H2,(H2,28,29)/t22-/m1/s1. The largest absolute Gasteiger partial charge is 0.394 e. The first-order chi connectivity index (χ1) is 16.4. The minimum atomic E-state index is -0.669. The van der Waals surface area contributed by atoms with Gasteiger partial charge in [0.25, 0.3) is 5.91 Å². The van der Waals surface area contributed by atoms with Crippen molar-refractivity contribution in [3.63, 3.8) is 0 Å². The molecule has 0 spiro atoms. The van der Waals surface area contributed by atoms with Crippen LogP contribution in [0.4, 0.5) is 10.2 Å². The van der Waals surface area contributed by atoms with Gasteiger partial charge in [0, 0.05) is 41.3 Å². The Bertz CT molecular complexity index is 1230. The monoisotopic (exact) mass is 526 g/mol. The van der Waals surface area contributed by atoms with Gasteiger partial charge in [0.2, 0.25) is 0 Å². The summed E-state index contributed by atoms with van der Waals surface area (Å²) in [6.45, 7) is 1.37. The second-order valence-corrected chi connectivity index (χ2v) is 9.54. The van der Waals surface area contributed by atoms with Crippen LogP contribution in [0.25, 0.3) is 11.3 Å². The van der Waals surface area contributed by atoms with E-state index in [9.17, 15) is 14.3 Å². The topological polar surface area (TPSA) is 102 Å². The van der Waals surface area contributed by atoms with Crippen molar-refractivity contribution in [2.75, 3.05) is 25.6 Å². The second-order valence-electron chi connectivity index (χ2n) is 8.62. The molecule has 3 heterocycles. The van der Waals surface area contributed by atoms with Gasteiger partial charge in [0.1, 0.15) is 17.3 Å². The van der Waals surface area contributed by atoms with Gasteiger partial charge in [-0.25, -0.2) is 14.4 Å². The zero-order valence-electron chi connectivity index (χ0n) is 18.4. The Hall–Kier alpha value is -2.88. The highest BCUT2D eigenvalue weighted by molar-refractivity contribution is 9.10. The maximum Gasteiger partial charge on any atom is 0.255 e. The first-order valence-electron chi connectivity index (χ1n) is 11.2. The number of aliphatic hydroxyl groups excluding tert-OH is 1. The molecule has 0 aliphatic carbocycles. The van der Waals surface area contributed by atoms with Crippen LogP contribution in [0.2, 0.25) is 0 Å². The highest BCUT2D eigenvalue weighted by atomic mass is 79.9. The summed E-state index contributed by atoms with van der Waals surface area (Å²) < 4.78 is 20.0. The van der Waals surface area contributed by atoms with E-state index in [4.69, 9.17) is 15.5 Å². The van der Waals surface area contributed by atoms with E-state index >= 15 is 0 Å². The van der Waals surface area contributed by atoms with E-state index in [0.29, 0.717) is 40.3 Å². The smallest absolute Gasteiger partial charge is 0.255 e. The highest BCUT2D eigenvalue weighted by Crippen LogP contribution is 2.36. The van der Waals surface area contributed by atoms with Gasteiger partial charge < -0.3 is 20.5 Å². The third kappa shape index (κ3) is 4.31. The summed E-state index contributed by atoms with van der Waals surface area (Å²) in [5.74, 6) is -0.0403. The van der Waals surface area contributed by atoms with Crippen LogP contribution in [0.3, 0.4) is 0 Å². The zero-order valence-corrected chi connectivity index (χ0v) is 20.0. The molecular formula is C25H24BrFN4O3. The van der Waals surface area contributed by atoms with E-state index < -0.39 is 11.9 Å². The summed E-state index contributed by atoms with van der Waals surface area (Å²) in [6.07, 6.45) is 3.52. The van der Waals surface area contributed by atoms with Crippen LogP contribution in [0.5, 0.6) is 0 Å². The predicted molar refractivity (Wildman–Crippen MR) is 128 cm³/mol. The average Bonchev–Trinajstić information content (AvgIpc) is 3.15. The molecule has 34 heavy (non-hydrogen) atoms. The molecule has 1 atom stereocenters. The molecule has 0 radical (unpaired) electrons. The Kier molecular flexibility index (Phi) is 6.33. The number of nitrogens with zero attached hydrogens (tertiary/aromatic N) is 3. The maximum atomic E-state index is 14.0. The van der Waals surface area contributed by atoms with Crippen molar-refractivity contribution in [3.05, 3.63) is 75.3 Å². The normalized spacial score (nSPS) is 17.1. The maximum absolute atomic E-state index is 14.0. The van der Waals surface area contributed by atoms with Gasteiger partial charge in [-0.15, -0.1) is 0 Å². The molecule has 0 saturated carbocycles.